The Kier molecular flexibility index (Phi) is 7.26. The van der Waals surface area contributed by atoms with Gasteiger partial charge in [0.25, 0.3) is 0 Å². The normalized spacial score (nSPS) is 14.4. The van der Waals surface area contributed by atoms with Crippen LogP contribution in [0.4, 0.5) is 0 Å². The topological polar surface area (TPSA) is 20.2 Å². The van der Waals surface area contributed by atoms with Gasteiger partial charge in [-0.25, -0.2) is 0 Å². The molecule has 0 aromatic carbocycles. The SMILES string of the molecule is CCCC(C)(C)CCCCC(C)CO. The van der Waals surface area contributed by atoms with Crippen LogP contribution in [0.25, 0.3) is 0 Å². The van der Waals surface area contributed by atoms with Crippen molar-refractivity contribution in [3.05, 3.63) is 0 Å². The maximum absolute atomic E-state index is 8.88. The summed E-state index contributed by atoms with van der Waals surface area (Å²) in [7, 11) is 0. The molecule has 0 bridgehead atoms. The average Bonchev–Trinajstić information content (AvgIpc) is 2.12. The van der Waals surface area contributed by atoms with E-state index in [1.165, 1.54) is 38.5 Å². The van der Waals surface area contributed by atoms with Crippen molar-refractivity contribution < 1.29 is 5.11 Å². The smallest absolute Gasteiger partial charge is 0.0456 e. The maximum atomic E-state index is 8.88. The molecular formula is C13H28O. The third-order valence-electron chi connectivity index (χ3n) is 3.04. The van der Waals surface area contributed by atoms with Crippen LogP contribution in [0.5, 0.6) is 0 Å². The highest BCUT2D eigenvalue weighted by molar-refractivity contribution is 4.67. The summed E-state index contributed by atoms with van der Waals surface area (Å²) in [5.41, 5.74) is 0.525. The van der Waals surface area contributed by atoms with Crippen molar-refractivity contribution in [3.63, 3.8) is 0 Å². The molecule has 1 atom stereocenters. The van der Waals surface area contributed by atoms with E-state index in [1.54, 1.807) is 0 Å². The van der Waals surface area contributed by atoms with Gasteiger partial charge in [0.15, 0.2) is 0 Å². The Bertz CT molecular complexity index is 129. The Morgan fingerprint density at radius 3 is 2.29 bits per heavy atom. The fourth-order valence-electron chi connectivity index (χ4n) is 1.99. The second-order valence-electron chi connectivity index (χ2n) is 5.45. The molecule has 1 unspecified atom stereocenters. The molecule has 1 N–H and O–H groups in total. The van der Waals surface area contributed by atoms with Crippen molar-refractivity contribution in [1.29, 1.82) is 0 Å². The molecule has 0 heterocycles. The highest BCUT2D eigenvalue weighted by atomic mass is 16.3. The second-order valence-corrected chi connectivity index (χ2v) is 5.45. The fourth-order valence-corrected chi connectivity index (χ4v) is 1.99. The van der Waals surface area contributed by atoms with Gasteiger partial charge < -0.3 is 5.11 Å². The van der Waals surface area contributed by atoms with E-state index in [0.717, 1.165) is 0 Å². The quantitative estimate of drug-likeness (QED) is 0.587. The van der Waals surface area contributed by atoms with Crippen LogP contribution in [-0.4, -0.2) is 11.7 Å². The summed E-state index contributed by atoms with van der Waals surface area (Å²) in [4.78, 5) is 0. The van der Waals surface area contributed by atoms with Crippen molar-refractivity contribution >= 4 is 0 Å². The molecule has 86 valence electrons. The lowest BCUT2D eigenvalue weighted by Gasteiger charge is -2.23. The van der Waals surface area contributed by atoms with E-state index in [0.29, 0.717) is 17.9 Å². The molecule has 0 spiro atoms. The standard InChI is InChI=1S/C13H28O/c1-5-9-13(3,4)10-7-6-8-12(2)11-14/h12,14H,5-11H2,1-4H3. The lowest BCUT2D eigenvalue weighted by molar-refractivity contribution is 0.223. The summed E-state index contributed by atoms with van der Waals surface area (Å²) in [6.45, 7) is 9.46. The van der Waals surface area contributed by atoms with E-state index in [9.17, 15) is 0 Å². The van der Waals surface area contributed by atoms with Crippen LogP contribution in [0.15, 0.2) is 0 Å². The van der Waals surface area contributed by atoms with Crippen LogP contribution in [0.1, 0.15) is 66.2 Å². The van der Waals surface area contributed by atoms with Crippen LogP contribution in [0, 0.1) is 11.3 Å². The monoisotopic (exact) mass is 200 g/mol. The molecule has 0 radical (unpaired) electrons. The molecule has 1 nitrogen and oxygen atoms in total. The number of aliphatic hydroxyl groups excluding tert-OH is 1. The molecule has 0 amide bonds. The van der Waals surface area contributed by atoms with E-state index >= 15 is 0 Å². The first-order chi connectivity index (χ1) is 6.52. The third-order valence-corrected chi connectivity index (χ3v) is 3.04. The van der Waals surface area contributed by atoms with Gasteiger partial charge in [-0.05, 0) is 30.6 Å². The van der Waals surface area contributed by atoms with Crippen molar-refractivity contribution in [1.82, 2.24) is 0 Å². The molecule has 0 aromatic rings. The second kappa shape index (κ2) is 7.28. The Morgan fingerprint density at radius 1 is 1.14 bits per heavy atom. The summed E-state index contributed by atoms with van der Waals surface area (Å²) in [5.74, 6) is 0.490. The van der Waals surface area contributed by atoms with E-state index in [-0.39, 0.29) is 0 Å². The minimum atomic E-state index is 0.346. The van der Waals surface area contributed by atoms with Crippen LogP contribution in [0.3, 0.4) is 0 Å². The van der Waals surface area contributed by atoms with Gasteiger partial charge in [0, 0.05) is 6.61 Å². The van der Waals surface area contributed by atoms with Gasteiger partial charge in [-0.1, -0.05) is 47.0 Å². The molecule has 0 aliphatic carbocycles. The predicted molar refractivity (Wildman–Crippen MR) is 63.4 cm³/mol. The van der Waals surface area contributed by atoms with E-state index in [4.69, 9.17) is 5.11 Å². The summed E-state index contributed by atoms with van der Waals surface area (Å²) < 4.78 is 0. The highest BCUT2D eigenvalue weighted by Gasteiger charge is 2.15. The fraction of sp³-hybridized carbons (Fsp3) is 1.00. The minimum Gasteiger partial charge on any atom is -0.396 e. The summed E-state index contributed by atoms with van der Waals surface area (Å²) >= 11 is 0. The molecule has 14 heavy (non-hydrogen) atoms. The zero-order valence-electron chi connectivity index (χ0n) is 10.5. The highest BCUT2D eigenvalue weighted by Crippen LogP contribution is 2.29. The molecule has 0 saturated carbocycles. The predicted octanol–water partition coefficient (Wildman–Crippen LogP) is 4.00. The van der Waals surface area contributed by atoms with Gasteiger partial charge in [0.05, 0.1) is 0 Å². The Morgan fingerprint density at radius 2 is 1.79 bits per heavy atom. The first-order valence-electron chi connectivity index (χ1n) is 6.12. The van der Waals surface area contributed by atoms with Crippen molar-refractivity contribution in [2.75, 3.05) is 6.61 Å². The lowest BCUT2D eigenvalue weighted by atomic mass is 9.82. The molecule has 0 aliphatic rings. The largest absolute Gasteiger partial charge is 0.396 e. The number of hydrogen-bond donors (Lipinski definition) is 1. The summed E-state index contributed by atoms with van der Waals surface area (Å²) in [5, 5.41) is 8.88. The zero-order chi connectivity index (χ0) is 11.0. The minimum absolute atomic E-state index is 0.346. The molecular weight excluding hydrogens is 172 g/mol. The van der Waals surface area contributed by atoms with E-state index in [1.807, 2.05) is 0 Å². The van der Waals surface area contributed by atoms with E-state index in [2.05, 4.69) is 27.7 Å². The van der Waals surface area contributed by atoms with Gasteiger partial charge in [-0.3, -0.25) is 0 Å². The zero-order valence-corrected chi connectivity index (χ0v) is 10.5. The van der Waals surface area contributed by atoms with Gasteiger partial charge >= 0.3 is 0 Å². The van der Waals surface area contributed by atoms with E-state index < -0.39 is 0 Å². The van der Waals surface area contributed by atoms with Crippen LogP contribution in [-0.2, 0) is 0 Å². The van der Waals surface area contributed by atoms with Gasteiger partial charge in [0.1, 0.15) is 0 Å². The lowest BCUT2D eigenvalue weighted by Crippen LogP contribution is -2.10. The Balaban J connectivity index is 3.43. The number of unbranched alkanes of at least 4 members (excludes halogenated alkanes) is 1. The summed E-state index contributed by atoms with van der Waals surface area (Å²) in [6.07, 6.45) is 7.73. The first-order valence-corrected chi connectivity index (χ1v) is 6.12. The van der Waals surface area contributed by atoms with Gasteiger partial charge in [-0.15, -0.1) is 0 Å². The summed E-state index contributed by atoms with van der Waals surface area (Å²) in [6, 6.07) is 0. The molecule has 0 fully saturated rings. The average molecular weight is 200 g/mol. The van der Waals surface area contributed by atoms with Crippen molar-refractivity contribution in [3.8, 4) is 0 Å². The van der Waals surface area contributed by atoms with Gasteiger partial charge in [-0.2, -0.15) is 0 Å². The molecule has 1 heteroatoms. The van der Waals surface area contributed by atoms with Crippen LogP contribution < -0.4 is 0 Å². The molecule has 0 aliphatic heterocycles. The van der Waals surface area contributed by atoms with Gasteiger partial charge in [0.2, 0.25) is 0 Å². The Hall–Kier alpha value is -0.0400. The number of aliphatic hydroxyl groups is 1. The van der Waals surface area contributed by atoms with Crippen LogP contribution in [0.2, 0.25) is 0 Å². The van der Waals surface area contributed by atoms with Crippen molar-refractivity contribution in [2.45, 2.75) is 66.2 Å². The molecule has 0 rings (SSSR count). The first kappa shape index (κ1) is 14.0. The number of hydrogen-bond acceptors (Lipinski definition) is 1. The number of rotatable bonds is 8. The maximum Gasteiger partial charge on any atom is 0.0456 e. The molecule has 0 aromatic heterocycles. The van der Waals surface area contributed by atoms with Crippen LogP contribution >= 0.6 is 0 Å². The third kappa shape index (κ3) is 7.37. The van der Waals surface area contributed by atoms with Crippen molar-refractivity contribution in [2.24, 2.45) is 11.3 Å². The molecule has 0 saturated heterocycles. The Labute approximate surface area is 89.9 Å².